The quantitative estimate of drug-likeness (QED) is 0.292. The zero-order valence-corrected chi connectivity index (χ0v) is 21.8. The van der Waals surface area contributed by atoms with Gasteiger partial charge in [-0.15, -0.1) is 0 Å². The molecule has 6 rings (SSSR count). The third-order valence-corrected chi connectivity index (χ3v) is 6.91. The van der Waals surface area contributed by atoms with Crippen molar-refractivity contribution in [3.63, 3.8) is 0 Å². The van der Waals surface area contributed by atoms with Gasteiger partial charge in [0.25, 0.3) is 0 Å². The van der Waals surface area contributed by atoms with Crippen molar-refractivity contribution in [2.45, 2.75) is 38.6 Å². The van der Waals surface area contributed by atoms with Gasteiger partial charge in [0.1, 0.15) is 11.6 Å². The first-order valence-corrected chi connectivity index (χ1v) is 13.1. The number of carbonyl (C=O) groups is 1. The van der Waals surface area contributed by atoms with Crippen LogP contribution < -0.4 is 10.6 Å². The summed E-state index contributed by atoms with van der Waals surface area (Å²) in [6, 6.07) is 14.1. The zero-order chi connectivity index (χ0) is 27.7. The Kier molecular flexibility index (Phi) is 6.99. The fourth-order valence-electron chi connectivity index (χ4n) is 4.36. The van der Waals surface area contributed by atoms with Crippen molar-refractivity contribution in [3.8, 4) is 22.6 Å². The van der Waals surface area contributed by atoms with Crippen molar-refractivity contribution < 1.29 is 23.0 Å². The fraction of sp³-hybridized carbons (Fsp3) is 0.310. The van der Waals surface area contributed by atoms with E-state index >= 15 is 0 Å². The molecule has 1 aliphatic carbocycles. The molecule has 2 fully saturated rings. The van der Waals surface area contributed by atoms with Crippen LogP contribution in [0.15, 0.2) is 60.8 Å². The minimum atomic E-state index is -0.826. The summed E-state index contributed by atoms with van der Waals surface area (Å²) in [7, 11) is 0. The molecule has 4 aromatic rings. The van der Waals surface area contributed by atoms with Crippen LogP contribution in [-0.4, -0.2) is 45.1 Å². The predicted octanol–water partition coefficient (Wildman–Crippen LogP) is 4.75. The van der Waals surface area contributed by atoms with Gasteiger partial charge in [0.15, 0.2) is 5.82 Å². The van der Waals surface area contributed by atoms with Gasteiger partial charge in [-0.1, -0.05) is 12.1 Å². The van der Waals surface area contributed by atoms with Crippen molar-refractivity contribution in [2.24, 2.45) is 5.41 Å². The summed E-state index contributed by atoms with van der Waals surface area (Å²) < 4.78 is 38.9. The Morgan fingerprint density at radius 3 is 2.35 bits per heavy atom. The van der Waals surface area contributed by atoms with Crippen molar-refractivity contribution in [2.75, 3.05) is 18.5 Å². The number of anilines is 1. The SMILES string of the molecule is CC1(C(=O)NC2CC2)COC(c2nc(-c3ccc(F)cc3)c(-c3ccnc(NCc4ccc(F)cc4)n3)[nH]2)OC1. The number of ether oxygens (including phenoxy) is 2. The van der Waals surface area contributed by atoms with E-state index in [0.717, 1.165) is 18.4 Å². The Labute approximate surface area is 229 Å². The van der Waals surface area contributed by atoms with E-state index in [2.05, 4.69) is 25.6 Å². The molecule has 206 valence electrons. The molecule has 2 aromatic carbocycles. The van der Waals surface area contributed by atoms with E-state index < -0.39 is 11.7 Å². The van der Waals surface area contributed by atoms with Gasteiger partial charge in [0.05, 0.1) is 35.7 Å². The standard InChI is InChI=1S/C29H28F2N6O3/c1-29(27(38)34-21-10-11-21)15-39-26(40-16-29)25-36-23(18-4-8-20(31)9-5-18)24(37-25)22-12-13-32-28(35-22)33-14-17-2-6-19(30)7-3-17/h2-9,12-13,21,26H,10-11,14-16H2,1H3,(H,34,38)(H,36,37)(H,32,33,35). The number of rotatable bonds is 8. The maximum Gasteiger partial charge on any atom is 0.230 e. The second-order valence-corrected chi connectivity index (χ2v) is 10.4. The minimum absolute atomic E-state index is 0.0813. The highest BCUT2D eigenvalue weighted by atomic mass is 19.1. The Balaban J connectivity index is 1.25. The van der Waals surface area contributed by atoms with Crippen molar-refractivity contribution in [3.05, 3.63) is 83.8 Å². The number of aromatic amines is 1. The number of hydrogen-bond acceptors (Lipinski definition) is 7. The molecule has 2 aliphatic rings. The third-order valence-electron chi connectivity index (χ3n) is 6.91. The molecule has 3 heterocycles. The maximum absolute atomic E-state index is 13.7. The summed E-state index contributed by atoms with van der Waals surface area (Å²) in [5, 5.41) is 6.17. The number of H-pyrrole nitrogens is 1. The van der Waals surface area contributed by atoms with Crippen LogP contribution in [0, 0.1) is 17.0 Å². The van der Waals surface area contributed by atoms with Crippen LogP contribution in [0.4, 0.5) is 14.7 Å². The molecule has 1 saturated heterocycles. The first kappa shape index (κ1) is 26.0. The minimum Gasteiger partial charge on any atom is -0.353 e. The molecule has 0 unspecified atom stereocenters. The number of amides is 1. The number of nitrogens with zero attached hydrogens (tertiary/aromatic N) is 3. The van der Waals surface area contributed by atoms with E-state index in [4.69, 9.17) is 14.5 Å². The number of imidazole rings is 1. The average molecular weight is 547 g/mol. The van der Waals surface area contributed by atoms with E-state index in [-0.39, 0.29) is 36.8 Å². The summed E-state index contributed by atoms with van der Waals surface area (Å²) >= 11 is 0. The molecular formula is C29H28F2N6O3. The summed E-state index contributed by atoms with van der Waals surface area (Å²) in [5.41, 5.74) is 2.38. The van der Waals surface area contributed by atoms with Crippen LogP contribution in [0.5, 0.6) is 0 Å². The van der Waals surface area contributed by atoms with Gasteiger partial charge in [-0.3, -0.25) is 4.79 Å². The molecule has 11 heteroatoms. The normalized spacial score (nSPS) is 20.7. The number of nitrogens with one attached hydrogen (secondary N) is 3. The number of carbonyl (C=O) groups excluding carboxylic acids is 1. The number of aromatic nitrogens is 4. The van der Waals surface area contributed by atoms with Crippen molar-refractivity contribution in [1.82, 2.24) is 25.3 Å². The number of benzene rings is 2. The lowest BCUT2D eigenvalue weighted by atomic mass is 9.91. The molecule has 3 N–H and O–H groups in total. The molecule has 40 heavy (non-hydrogen) atoms. The number of hydrogen-bond donors (Lipinski definition) is 3. The summed E-state index contributed by atoms with van der Waals surface area (Å²) in [6.07, 6.45) is 2.79. The van der Waals surface area contributed by atoms with Crippen LogP contribution in [-0.2, 0) is 20.8 Å². The molecule has 9 nitrogen and oxygen atoms in total. The highest BCUT2D eigenvalue weighted by Crippen LogP contribution is 2.36. The molecule has 1 saturated carbocycles. The predicted molar refractivity (Wildman–Crippen MR) is 143 cm³/mol. The molecule has 0 radical (unpaired) electrons. The summed E-state index contributed by atoms with van der Waals surface area (Å²) in [6.45, 7) is 2.56. The second-order valence-electron chi connectivity index (χ2n) is 10.4. The second kappa shape index (κ2) is 10.7. The number of halogens is 2. The monoisotopic (exact) mass is 546 g/mol. The first-order valence-electron chi connectivity index (χ1n) is 13.1. The third kappa shape index (κ3) is 5.70. The van der Waals surface area contributed by atoms with Gasteiger partial charge in [0, 0.05) is 24.3 Å². The Morgan fingerprint density at radius 2 is 1.68 bits per heavy atom. The lowest BCUT2D eigenvalue weighted by Gasteiger charge is -2.35. The molecule has 1 aliphatic heterocycles. The van der Waals surface area contributed by atoms with E-state index in [9.17, 15) is 13.6 Å². The van der Waals surface area contributed by atoms with Gasteiger partial charge in [-0.05, 0) is 67.8 Å². The van der Waals surface area contributed by atoms with Gasteiger partial charge >= 0.3 is 0 Å². The van der Waals surface area contributed by atoms with Crippen LogP contribution in [0.3, 0.4) is 0 Å². The van der Waals surface area contributed by atoms with Crippen LogP contribution in [0.2, 0.25) is 0 Å². The maximum atomic E-state index is 13.7. The van der Waals surface area contributed by atoms with Crippen LogP contribution >= 0.6 is 0 Å². The van der Waals surface area contributed by atoms with Crippen molar-refractivity contribution >= 4 is 11.9 Å². The Bertz CT molecular complexity index is 1500. The van der Waals surface area contributed by atoms with Crippen LogP contribution in [0.25, 0.3) is 22.6 Å². The molecule has 2 aromatic heterocycles. The van der Waals surface area contributed by atoms with E-state index in [1.165, 1.54) is 24.3 Å². The van der Waals surface area contributed by atoms with Gasteiger partial charge < -0.3 is 25.1 Å². The molecule has 0 bridgehead atoms. The molecule has 0 atom stereocenters. The van der Waals surface area contributed by atoms with Crippen molar-refractivity contribution in [1.29, 1.82) is 0 Å². The van der Waals surface area contributed by atoms with E-state index in [0.29, 0.717) is 41.0 Å². The first-order chi connectivity index (χ1) is 19.4. The Hall–Kier alpha value is -4.22. The lowest BCUT2D eigenvalue weighted by molar-refractivity contribution is -0.231. The van der Waals surface area contributed by atoms with E-state index in [1.807, 2.05) is 6.92 Å². The summed E-state index contributed by atoms with van der Waals surface area (Å²) in [4.78, 5) is 29.7. The fourth-order valence-corrected chi connectivity index (χ4v) is 4.36. The smallest absolute Gasteiger partial charge is 0.230 e. The van der Waals surface area contributed by atoms with Gasteiger partial charge in [-0.25, -0.2) is 23.7 Å². The summed E-state index contributed by atoms with van der Waals surface area (Å²) in [5.74, 6) is 0.0202. The topological polar surface area (TPSA) is 114 Å². The molecule has 0 spiro atoms. The average Bonchev–Trinajstić information content (AvgIpc) is 3.68. The molecular weight excluding hydrogens is 518 g/mol. The highest BCUT2D eigenvalue weighted by Gasteiger charge is 2.42. The molecule has 1 amide bonds. The van der Waals surface area contributed by atoms with Gasteiger partial charge in [0.2, 0.25) is 18.1 Å². The Morgan fingerprint density at radius 1 is 1.00 bits per heavy atom. The zero-order valence-electron chi connectivity index (χ0n) is 21.8. The van der Waals surface area contributed by atoms with Gasteiger partial charge in [-0.2, -0.15) is 0 Å². The highest BCUT2D eigenvalue weighted by molar-refractivity contribution is 5.83. The van der Waals surface area contributed by atoms with Crippen LogP contribution in [0.1, 0.15) is 37.4 Å². The largest absolute Gasteiger partial charge is 0.353 e. The van der Waals surface area contributed by atoms with E-state index in [1.54, 1.807) is 36.5 Å². The lowest BCUT2D eigenvalue weighted by Crippen LogP contribution is -2.49.